The zero-order chi connectivity index (χ0) is 23.2. The zero-order valence-corrected chi connectivity index (χ0v) is 19.8. The van der Waals surface area contributed by atoms with Gasteiger partial charge >= 0.3 is 0 Å². The Morgan fingerprint density at radius 2 is 2.03 bits per heavy atom. The average molecular weight is 437 g/mol. The minimum Gasteiger partial charge on any atom is -0.491 e. The van der Waals surface area contributed by atoms with Crippen molar-refractivity contribution in [2.24, 2.45) is 5.41 Å². The van der Waals surface area contributed by atoms with Gasteiger partial charge in [-0.05, 0) is 38.9 Å². The van der Waals surface area contributed by atoms with Crippen LogP contribution in [0.3, 0.4) is 0 Å². The molecule has 0 aliphatic carbocycles. The number of nitrogens with zero attached hydrogens (tertiary/aromatic N) is 4. The molecule has 32 heavy (non-hydrogen) atoms. The summed E-state index contributed by atoms with van der Waals surface area (Å²) in [4.78, 5) is 27.0. The number of hydrogen-bond acceptors (Lipinski definition) is 5. The number of Topliss-reactive ketones (excluding diaryl/α,β-unsaturated/α-hetero) is 1. The molecule has 3 aromatic rings. The molecule has 1 atom stereocenters. The summed E-state index contributed by atoms with van der Waals surface area (Å²) in [6, 6.07) is 7.57. The molecule has 0 radical (unpaired) electrons. The summed E-state index contributed by atoms with van der Waals surface area (Å²) in [6.45, 7) is 10.2. The van der Waals surface area contributed by atoms with E-state index in [1.165, 1.54) is 6.92 Å². The van der Waals surface area contributed by atoms with Gasteiger partial charge in [-0.1, -0.05) is 32.9 Å². The van der Waals surface area contributed by atoms with Gasteiger partial charge in [0.2, 0.25) is 0 Å². The van der Waals surface area contributed by atoms with E-state index in [0.717, 1.165) is 41.0 Å². The SMILES string of the molecule is CC(=O)c1cn2c(cc1=O)-c1c3cccc(OCCCN(C)C)c3nn1CC2C(C)(C)C. The fourth-order valence-electron chi connectivity index (χ4n) is 4.41. The first-order chi connectivity index (χ1) is 15.1. The lowest BCUT2D eigenvalue weighted by Gasteiger charge is -2.38. The molecule has 1 aliphatic heterocycles. The van der Waals surface area contributed by atoms with Gasteiger partial charge in [0, 0.05) is 24.2 Å². The van der Waals surface area contributed by atoms with Crippen molar-refractivity contribution in [3.63, 3.8) is 0 Å². The normalized spacial score (nSPS) is 15.7. The lowest BCUT2D eigenvalue weighted by atomic mass is 9.84. The van der Waals surface area contributed by atoms with E-state index in [4.69, 9.17) is 9.84 Å². The van der Waals surface area contributed by atoms with E-state index < -0.39 is 0 Å². The molecule has 7 nitrogen and oxygen atoms in total. The van der Waals surface area contributed by atoms with Crippen LogP contribution in [-0.2, 0) is 6.54 Å². The number of carbonyl (C=O) groups is 1. The molecule has 1 unspecified atom stereocenters. The summed E-state index contributed by atoms with van der Waals surface area (Å²) in [5.74, 6) is 0.542. The van der Waals surface area contributed by atoms with E-state index >= 15 is 0 Å². The van der Waals surface area contributed by atoms with E-state index in [1.807, 2.05) is 37.0 Å². The molecule has 0 fully saturated rings. The van der Waals surface area contributed by atoms with E-state index in [2.05, 4.69) is 30.2 Å². The Morgan fingerprint density at radius 3 is 2.69 bits per heavy atom. The number of carbonyl (C=O) groups excluding carboxylic acids is 1. The quantitative estimate of drug-likeness (QED) is 0.432. The van der Waals surface area contributed by atoms with Gasteiger partial charge < -0.3 is 14.2 Å². The second kappa shape index (κ2) is 8.20. The number of aromatic nitrogens is 3. The molecule has 0 bridgehead atoms. The smallest absolute Gasteiger partial charge is 0.193 e. The minimum atomic E-state index is -0.254. The van der Waals surface area contributed by atoms with Crippen molar-refractivity contribution in [1.29, 1.82) is 0 Å². The van der Waals surface area contributed by atoms with Crippen molar-refractivity contribution in [2.75, 3.05) is 27.2 Å². The van der Waals surface area contributed by atoms with Gasteiger partial charge in [0.25, 0.3) is 0 Å². The number of ether oxygens (including phenoxy) is 1. The summed E-state index contributed by atoms with van der Waals surface area (Å²) < 4.78 is 10.2. The van der Waals surface area contributed by atoms with Crippen LogP contribution in [0.4, 0.5) is 0 Å². The Balaban J connectivity index is 1.85. The van der Waals surface area contributed by atoms with E-state index in [9.17, 15) is 9.59 Å². The molecule has 0 spiro atoms. The molecule has 170 valence electrons. The highest BCUT2D eigenvalue weighted by molar-refractivity contribution is 5.97. The number of pyridine rings is 1. The van der Waals surface area contributed by atoms with Crippen LogP contribution in [0.15, 0.2) is 35.3 Å². The van der Waals surface area contributed by atoms with Crippen molar-refractivity contribution in [1.82, 2.24) is 19.2 Å². The lowest BCUT2D eigenvalue weighted by molar-refractivity contribution is 0.101. The molecule has 2 aromatic heterocycles. The predicted molar refractivity (Wildman–Crippen MR) is 127 cm³/mol. The standard InChI is InChI=1S/C25H32N4O3/c1-16(30)18-14-28-19(13-20(18)31)24-17-9-7-10-21(32-12-8-11-27(5)6)23(17)26-29(24)15-22(28)25(2,3)4/h7,9-10,13-14,22H,8,11-12,15H2,1-6H3. The van der Waals surface area contributed by atoms with Gasteiger partial charge in [-0.3, -0.25) is 14.3 Å². The molecule has 1 aromatic carbocycles. The number of rotatable bonds is 6. The first-order valence-electron chi connectivity index (χ1n) is 11.1. The van der Waals surface area contributed by atoms with Gasteiger partial charge in [0.1, 0.15) is 11.3 Å². The molecular formula is C25H32N4O3. The van der Waals surface area contributed by atoms with Crippen LogP contribution in [-0.4, -0.2) is 52.3 Å². The topological polar surface area (TPSA) is 69.4 Å². The lowest BCUT2D eigenvalue weighted by Crippen LogP contribution is -2.35. The minimum absolute atomic E-state index is 0.0440. The van der Waals surface area contributed by atoms with E-state index in [1.54, 1.807) is 12.3 Å². The number of fused-ring (bicyclic) bond motifs is 5. The van der Waals surface area contributed by atoms with Crippen molar-refractivity contribution in [3.05, 3.63) is 46.2 Å². The Hall–Kier alpha value is -2.93. The first kappa shape index (κ1) is 22.3. The van der Waals surface area contributed by atoms with Crippen LogP contribution in [0.1, 0.15) is 50.5 Å². The molecular weight excluding hydrogens is 404 g/mol. The van der Waals surface area contributed by atoms with Crippen LogP contribution >= 0.6 is 0 Å². The van der Waals surface area contributed by atoms with Gasteiger partial charge in [0.05, 0.1) is 36.1 Å². The second-order valence-corrected chi connectivity index (χ2v) is 9.97. The second-order valence-electron chi connectivity index (χ2n) is 9.97. The van der Waals surface area contributed by atoms with Crippen molar-refractivity contribution in [3.8, 4) is 17.1 Å². The molecule has 3 heterocycles. The number of hydrogen-bond donors (Lipinski definition) is 0. The molecule has 7 heteroatoms. The van der Waals surface area contributed by atoms with Crippen LogP contribution in [0.2, 0.25) is 0 Å². The third-order valence-corrected chi connectivity index (χ3v) is 6.12. The highest BCUT2D eigenvalue weighted by Gasteiger charge is 2.35. The van der Waals surface area contributed by atoms with Crippen LogP contribution < -0.4 is 10.2 Å². The summed E-state index contributed by atoms with van der Waals surface area (Å²) in [5, 5.41) is 5.87. The molecule has 0 saturated heterocycles. The Kier molecular flexibility index (Phi) is 5.71. The largest absolute Gasteiger partial charge is 0.491 e. The summed E-state index contributed by atoms with van der Waals surface area (Å²) >= 11 is 0. The van der Waals surface area contributed by atoms with Crippen molar-refractivity contribution in [2.45, 2.75) is 46.7 Å². The first-order valence-corrected chi connectivity index (χ1v) is 11.1. The Bertz CT molecular complexity index is 1230. The van der Waals surface area contributed by atoms with Crippen LogP contribution in [0.25, 0.3) is 22.3 Å². The Labute approximate surface area is 188 Å². The number of ketones is 1. The van der Waals surface area contributed by atoms with Gasteiger partial charge in [-0.25, -0.2) is 0 Å². The van der Waals surface area contributed by atoms with Gasteiger partial charge in [-0.15, -0.1) is 0 Å². The molecule has 1 aliphatic rings. The maximum atomic E-state index is 12.8. The van der Waals surface area contributed by atoms with Gasteiger partial charge in [-0.2, -0.15) is 5.10 Å². The highest BCUT2D eigenvalue weighted by Crippen LogP contribution is 2.43. The summed E-state index contributed by atoms with van der Waals surface area (Å²) in [6.07, 6.45) is 2.66. The third kappa shape index (κ3) is 3.97. The summed E-state index contributed by atoms with van der Waals surface area (Å²) in [7, 11) is 4.10. The third-order valence-electron chi connectivity index (χ3n) is 6.12. The van der Waals surface area contributed by atoms with Gasteiger partial charge in [0.15, 0.2) is 11.2 Å². The maximum absolute atomic E-state index is 12.8. The molecule has 0 N–H and O–H groups in total. The monoisotopic (exact) mass is 436 g/mol. The average Bonchev–Trinajstić information content (AvgIpc) is 3.08. The highest BCUT2D eigenvalue weighted by atomic mass is 16.5. The molecule has 4 rings (SSSR count). The van der Waals surface area contributed by atoms with Crippen molar-refractivity contribution >= 4 is 16.7 Å². The maximum Gasteiger partial charge on any atom is 0.193 e. The summed E-state index contributed by atoms with van der Waals surface area (Å²) in [5.41, 5.74) is 2.36. The Morgan fingerprint density at radius 1 is 1.28 bits per heavy atom. The van der Waals surface area contributed by atoms with Crippen LogP contribution in [0, 0.1) is 5.41 Å². The van der Waals surface area contributed by atoms with E-state index in [-0.39, 0.29) is 28.2 Å². The molecule has 0 saturated carbocycles. The van der Waals surface area contributed by atoms with Crippen LogP contribution in [0.5, 0.6) is 5.75 Å². The number of benzene rings is 1. The fourth-order valence-corrected chi connectivity index (χ4v) is 4.41. The van der Waals surface area contributed by atoms with E-state index in [0.29, 0.717) is 13.2 Å². The fraction of sp³-hybridized carbons (Fsp3) is 0.480. The van der Waals surface area contributed by atoms with Crippen molar-refractivity contribution < 1.29 is 9.53 Å². The predicted octanol–water partition coefficient (Wildman–Crippen LogP) is 4.00. The zero-order valence-electron chi connectivity index (χ0n) is 19.8. The molecule has 0 amide bonds.